The normalized spacial score (nSPS) is 10.7. The van der Waals surface area contributed by atoms with Crippen molar-refractivity contribution in [2.45, 2.75) is 0 Å². The third kappa shape index (κ3) is 3740. The van der Waals surface area contributed by atoms with E-state index in [-0.39, 0.29) is 17.1 Å². The van der Waals surface area contributed by atoms with Gasteiger partial charge in [0.1, 0.15) is 0 Å². The van der Waals surface area contributed by atoms with Crippen molar-refractivity contribution in [1.29, 1.82) is 0 Å². The first-order valence-electron chi connectivity index (χ1n) is 1.48. The van der Waals surface area contributed by atoms with Crippen molar-refractivity contribution in [2.75, 3.05) is 0 Å². The zero-order chi connectivity index (χ0) is 9.00. The van der Waals surface area contributed by atoms with Gasteiger partial charge in [-0.3, -0.25) is 8.42 Å². The fraction of sp³-hybridized carbons (Fsp3) is 0. The van der Waals surface area contributed by atoms with Gasteiger partial charge in [-0.05, 0) is 0 Å². The Morgan fingerprint density at radius 1 is 0.909 bits per heavy atom. The molecule has 0 aromatic carbocycles. The molecule has 0 aliphatic carbocycles. The first-order valence-corrected chi connectivity index (χ1v) is 4.45. The van der Waals surface area contributed by atoms with Crippen LogP contribution in [-0.4, -0.2) is 26.6 Å². The van der Waals surface area contributed by atoms with E-state index < -0.39 is 19.4 Å². The van der Waals surface area contributed by atoms with Gasteiger partial charge in [-0.15, -0.1) is 0 Å². The third-order valence-corrected chi connectivity index (χ3v) is 0. The summed E-state index contributed by atoms with van der Waals surface area (Å²) in [6.45, 7) is 0. The molecule has 0 unspecified atom stereocenters. The minimum atomic E-state index is -5.61. The minimum Gasteiger partial charge on any atom is -0.894 e. The number of hydrogen-bond donors (Lipinski definition) is 0. The van der Waals surface area contributed by atoms with Crippen molar-refractivity contribution >= 4 is 19.4 Å². The number of hydrogen-bond acceptors (Lipinski definition) is 8. The van der Waals surface area contributed by atoms with E-state index in [0.29, 0.717) is 0 Å². The molecule has 0 saturated carbocycles. The summed E-state index contributed by atoms with van der Waals surface area (Å²) in [5.41, 5.74) is 0. The molecular formula is MnO8SSi. The molecule has 0 aromatic rings. The maximum atomic E-state index is 8.58. The van der Waals surface area contributed by atoms with Crippen LogP contribution in [0.3, 0.4) is 0 Å². The minimum absolute atomic E-state index is 0. The second kappa shape index (κ2) is 6.02. The molecular weight excluding hydrogens is 243 g/mol. The standard InChI is InChI=1S/Mn.H2O4S.O4Si/c;2*1-5(2,3)4/h;(H2,1,2,3,4);/q+6;;-4/p-2. The SMILES string of the molecule is O=S(=O)([O-])[O-].[Mn+6].[O-][Si]([O-])([O-])[O-]. The van der Waals surface area contributed by atoms with Gasteiger partial charge in [0.2, 0.25) is 0 Å². The van der Waals surface area contributed by atoms with E-state index in [1.807, 2.05) is 0 Å². The predicted molar refractivity (Wildman–Crippen MR) is 16.2 cm³/mol. The predicted octanol–water partition coefficient (Wildman–Crippen LogP) is -6.48. The van der Waals surface area contributed by atoms with E-state index in [1.165, 1.54) is 0 Å². The summed E-state index contributed by atoms with van der Waals surface area (Å²) in [5.74, 6) is 0. The van der Waals surface area contributed by atoms with Crippen molar-refractivity contribution < 1.29 is 53.8 Å². The monoisotopic (exact) mass is 243 g/mol. The van der Waals surface area contributed by atoms with Gasteiger partial charge in [-0.25, -0.2) is 0 Å². The molecule has 65 valence electrons. The Kier molecular flexibility index (Phi) is 9.58. The Labute approximate surface area is 73.7 Å². The maximum Gasteiger partial charge on any atom is 6.00 e. The molecule has 0 fully saturated rings. The summed E-state index contributed by atoms with van der Waals surface area (Å²) in [6.07, 6.45) is 0. The fourth-order valence-corrected chi connectivity index (χ4v) is 0. The molecule has 0 N–H and O–H groups in total. The molecule has 1 radical (unpaired) electrons. The molecule has 0 aliphatic rings. The largest absolute Gasteiger partial charge is 6.00 e. The Morgan fingerprint density at radius 3 is 0.909 bits per heavy atom. The molecule has 0 heterocycles. The van der Waals surface area contributed by atoms with Crippen LogP contribution in [0.25, 0.3) is 0 Å². The summed E-state index contributed by atoms with van der Waals surface area (Å²) < 4.78 is 34.1. The van der Waals surface area contributed by atoms with Gasteiger partial charge in [-0.2, -0.15) is 0 Å². The van der Waals surface area contributed by atoms with Gasteiger partial charge < -0.3 is 37.3 Å². The van der Waals surface area contributed by atoms with Crippen LogP contribution in [0.1, 0.15) is 0 Å². The van der Waals surface area contributed by atoms with Crippen LogP contribution < -0.4 is 19.2 Å². The van der Waals surface area contributed by atoms with Crippen LogP contribution >= 0.6 is 0 Å². The van der Waals surface area contributed by atoms with Gasteiger partial charge >= 0.3 is 17.1 Å². The zero-order valence-corrected chi connectivity index (χ0v) is 7.55. The molecule has 11 heavy (non-hydrogen) atoms. The zero-order valence-electron chi connectivity index (χ0n) is 4.55. The van der Waals surface area contributed by atoms with Gasteiger partial charge in [0.15, 0.2) is 0 Å². The van der Waals surface area contributed by atoms with Crippen molar-refractivity contribution in [1.82, 2.24) is 0 Å². The van der Waals surface area contributed by atoms with Crippen LogP contribution in [-0.2, 0) is 27.5 Å². The van der Waals surface area contributed by atoms with E-state index in [9.17, 15) is 0 Å². The first kappa shape index (κ1) is 17.5. The van der Waals surface area contributed by atoms with Gasteiger partial charge in [-0.1, -0.05) is 0 Å². The van der Waals surface area contributed by atoms with Crippen molar-refractivity contribution in [3.8, 4) is 0 Å². The molecule has 11 heteroatoms. The second-order valence-corrected chi connectivity index (χ2v) is 2.72. The van der Waals surface area contributed by atoms with Crippen molar-refractivity contribution in [3.05, 3.63) is 0 Å². The average molecular weight is 243 g/mol. The third-order valence-electron chi connectivity index (χ3n) is 0. The molecule has 0 bridgehead atoms. The molecule has 0 rings (SSSR count). The van der Waals surface area contributed by atoms with E-state index in [2.05, 4.69) is 0 Å². The summed E-state index contributed by atoms with van der Waals surface area (Å²) in [7, 11) is -10.8. The van der Waals surface area contributed by atoms with Crippen LogP contribution in [0.15, 0.2) is 0 Å². The molecule has 0 amide bonds. The summed E-state index contributed by atoms with van der Waals surface area (Å²) in [6, 6.07) is 0. The molecule has 0 saturated heterocycles. The van der Waals surface area contributed by atoms with Crippen LogP contribution in [0, 0.1) is 0 Å². The Balaban J connectivity index is -0.000000107. The average Bonchev–Trinajstić information content (AvgIpc) is 1.12. The van der Waals surface area contributed by atoms with Crippen molar-refractivity contribution in [3.63, 3.8) is 0 Å². The molecule has 0 aliphatic heterocycles. The Morgan fingerprint density at radius 2 is 0.909 bits per heavy atom. The van der Waals surface area contributed by atoms with Crippen LogP contribution in [0.4, 0.5) is 0 Å². The Hall–Kier alpha value is 0.446. The van der Waals surface area contributed by atoms with Crippen LogP contribution in [0.5, 0.6) is 0 Å². The summed E-state index contributed by atoms with van der Waals surface area (Å²) >= 11 is 0. The summed E-state index contributed by atoms with van der Waals surface area (Å²) in [4.78, 5) is 34.3. The van der Waals surface area contributed by atoms with E-state index in [0.717, 1.165) is 0 Å². The topological polar surface area (TPSA) is 172 Å². The maximum absolute atomic E-state index is 8.58. The van der Waals surface area contributed by atoms with E-state index in [4.69, 9.17) is 36.7 Å². The molecule has 0 atom stereocenters. The second-order valence-electron chi connectivity index (χ2n) is 0.908. The van der Waals surface area contributed by atoms with E-state index >= 15 is 0 Å². The Bertz CT molecular complexity index is 149. The molecule has 0 spiro atoms. The van der Waals surface area contributed by atoms with Crippen molar-refractivity contribution in [2.24, 2.45) is 0 Å². The quantitative estimate of drug-likeness (QED) is 0.229. The van der Waals surface area contributed by atoms with Gasteiger partial charge in [0.05, 0.1) is 0 Å². The molecule has 0 aromatic heterocycles. The molecule has 8 nitrogen and oxygen atoms in total. The van der Waals surface area contributed by atoms with Gasteiger partial charge in [0, 0.05) is 10.4 Å². The van der Waals surface area contributed by atoms with E-state index in [1.54, 1.807) is 0 Å². The smallest absolute Gasteiger partial charge is 0.894 e. The number of rotatable bonds is 0. The first-order chi connectivity index (χ1) is 4.00. The van der Waals surface area contributed by atoms with Crippen LogP contribution in [0.2, 0.25) is 0 Å². The van der Waals surface area contributed by atoms with Gasteiger partial charge in [0.25, 0.3) is 0 Å². The fourth-order valence-electron chi connectivity index (χ4n) is 0. The summed E-state index contributed by atoms with van der Waals surface area (Å²) in [5, 5.41) is 0.